The van der Waals surface area contributed by atoms with Gasteiger partial charge in [-0.15, -0.1) is 0 Å². The van der Waals surface area contributed by atoms with Crippen molar-refractivity contribution in [1.29, 1.82) is 0 Å². The Morgan fingerprint density at radius 2 is 2.08 bits per heavy atom. The van der Waals surface area contributed by atoms with E-state index in [2.05, 4.69) is 39.8 Å². The second kappa shape index (κ2) is 5.43. The molecule has 1 unspecified atom stereocenters. The minimum atomic E-state index is 0.835. The van der Waals surface area contributed by atoms with Gasteiger partial charge in [-0.05, 0) is 19.8 Å². The zero-order valence-corrected chi connectivity index (χ0v) is 10.4. The summed E-state index contributed by atoms with van der Waals surface area (Å²) in [7, 11) is 0. The molecule has 0 spiro atoms. The molecule has 1 nitrogen and oxygen atoms in total. The molecular formula is C10H20IN. The van der Waals surface area contributed by atoms with Gasteiger partial charge < -0.3 is 0 Å². The average molecular weight is 281 g/mol. The maximum Gasteiger partial charge on any atom is 0.0212 e. The SMILES string of the molecule is CCCCCC[C@H]1CC(C)N1I. The fraction of sp³-hybridized carbons (Fsp3) is 1.00. The van der Waals surface area contributed by atoms with Crippen LogP contribution in [0.3, 0.4) is 0 Å². The van der Waals surface area contributed by atoms with Crippen molar-refractivity contribution in [3.8, 4) is 0 Å². The van der Waals surface area contributed by atoms with Gasteiger partial charge in [0.05, 0.1) is 0 Å². The highest BCUT2D eigenvalue weighted by molar-refractivity contribution is 14.1. The Labute approximate surface area is 90.4 Å². The zero-order valence-electron chi connectivity index (χ0n) is 8.22. The van der Waals surface area contributed by atoms with Crippen molar-refractivity contribution in [3.63, 3.8) is 0 Å². The van der Waals surface area contributed by atoms with Crippen molar-refractivity contribution >= 4 is 22.9 Å². The highest BCUT2D eigenvalue weighted by atomic mass is 127. The Balaban J connectivity index is 1.95. The van der Waals surface area contributed by atoms with E-state index in [0.29, 0.717) is 0 Å². The fourth-order valence-electron chi connectivity index (χ4n) is 1.86. The van der Waals surface area contributed by atoms with E-state index in [0.717, 1.165) is 12.1 Å². The molecule has 72 valence electrons. The van der Waals surface area contributed by atoms with Crippen LogP contribution >= 0.6 is 22.9 Å². The van der Waals surface area contributed by atoms with Gasteiger partial charge in [0, 0.05) is 34.9 Å². The molecule has 12 heavy (non-hydrogen) atoms. The monoisotopic (exact) mass is 281 g/mol. The van der Waals surface area contributed by atoms with E-state index in [9.17, 15) is 0 Å². The van der Waals surface area contributed by atoms with Crippen LogP contribution in [0.4, 0.5) is 0 Å². The lowest BCUT2D eigenvalue weighted by Crippen LogP contribution is -2.47. The first-order chi connectivity index (χ1) is 5.75. The van der Waals surface area contributed by atoms with Crippen molar-refractivity contribution in [2.45, 2.75) is 64.5 Å². The van der Waals surface area contributed by atoms with Gasteiger partial charge in [-0.3, -0.25) is 0 Å². The lowest BCUT2D eigenvalue weighted by molar-refractivity contribution is 0.152. The quantitative estimate of drug-likeness (QED) is 0.421. The molecule has 0 aliphatic carbocycles. The molecule has 1 saturated heterocycles. The first-order valence-electron chi connectivity index (χ1n) is 5.19. The van der Waals surface area contributed by atoms with Crippen LogP contribution in [-0.4, -0.2) is 15.2 Å². The largest absolute Gasteiger partial charge is 0.242 e. The third kappa shape index (κ3) is 2.87. The van der Waals surface area contributed by atoms with Crippen LogP contribution in [0.1, 0.15) is 52.4 Å². The number of hydrogen-bond donors (Lipinski definition) is 0. The first kappa shape index (κ1) is 10.8. The number of nitrogens with zero attached hydrogens (tertiary/aromatic N) is 1. The second-order valence-corrected chi connectivity index (χ2v) is 5.05. The third-order valence-corrected chi connectivity index (χ3v) is 4.51. The van der Waals surface area contributed by atoms with Gasteiger partial charge in [-0.1, -0.05) is 32.6 Å². The Hall–Kier alpha value is 0.690. The summed E-state index contributed by atoms with van der Waals surface area (Å²) in [4.78, 5) is 0. The minimum absolute atomic E-state index is 0.835. The van der Waals surface area contributed by atoms with Crippen LogP contribution in [-0.2, 0) is 0 Å². The van der Waals surface area contributed by atoms with E-state index in [1.165, 1.54) is 38.5 Å². The lowest BCUT2D eigenvalue weighted by atomic mass is 9.93. The number of halogens is 1. The summed E-state index contributed by atoms with van der Waals surface area (Å²) >= 11 is 2.48. The predicted molar refractivity (Wildman–Crippen MR) is 62.5 cm³/mol. The van der Waals surface area contributed by atoms with E-state index >= 15 is 0 Å². The average Bonchev–Trinajstić information content (AvgIpc) is 2.10. The summed E-state index contributed by atoms with van der Waals surface area (Å²) in [6.45, 7) is 4.59. The maximum absolute atomic E-state index is 2.49. The first-order valence-corrected chi connectivity index (χ1v) is 6.16. The van der Waals surface area contributed by atoms with Crippen LogP contribution < -0.4 is 0 Å². The molecule has 1 rings (SSSR count). The Kier molecular flexibility index (Phi) is 4.87. The summed E-state index contributed by atoms with van der Waals surface area (Å²) in [5.41, 5.74) is 0. The van der Waals surface area contributed by atoms with Gasteiger partial charge in [-0.2, -0.15) is 0 Å². The molecule has 0 amide bonds. The summed E-state index contributed by atoms with van der Waals surface area (Å²) in [5.74, 6) is 0. The lowest BCUT2D eigenvalue weighted by Gasteiger charge is -2.42. The molecule has 0 aromatic carbocycles. The van der Waals surface area contributed by atoms with Crippen LogP contribution in [0.2, 0.25) is 0 Å². The highest BCUT2D eigenvalue weighted by Crippen LogP contribution is 2.32. The van der Waals surface area contributed by atoms with Crippen LogP contribution in [0.25, 0.3) is 0 Å². The van der Waals surface area contributed by atoms with Gasteiger partial charge in [0.15, 0.2) is 0 Å². The van der Waals surface area contributed by atoms with Crippen molar-refractivity contribution < 1.29 is 0 Å². The molecule has 0 bridgehead atoms. The topological polar surface area (TPSA) is 3.24 Å². The summed E-state index contributed by atoms with van der Waals surface area (Å²) < 4.78 is 2.49. The molecule has 0 saturated carbocycles. The van der Waals surface area contributed by atoms with Crippen LogP contribution in [0, 0.1) is 0 Å². The van der Waals surface area contributed by atoms with Gasteiger partial charge in [0.1, 0.15) is 0 Å². The summed E-state index contributed by atoms with van der Waals surface area (Å²) in [5, 5.41) is 0. The van der Waals surface area contributed by atoms with Crippen molar-refractivity contribution in [2.24, 2.45) is 0 Å². The Morgan fingerprint density at radius 3 is 2.58 bits per heavy atom. The van der Waals surface area contributed by atoms with E-state index in [-0.39, 0.29) is 0 Å². The number of hydrogen-bond acceptors (Lipinski definition) is 1. The minimum Gasteiger partial charge on any atom is -0.242 e. The Bertz CT molecular complexity index is 127. The fourth-order valence-corrected chi connectivity index (χ4v) is 2.60. The highest BCUT2D eigenvalue weighted by Gasteiger charge is 2.32. The molecule has 0 N–H and O–H groups in total. The second-order valence-electron chi connectivity index (χ2n) is 3.93. The Morgan fingerprint density at radius 1 is 1.33 bits per heavy atom. The maximum atomic E-state index is 2.49. The molecule has 0 aromatic rings. The number of unbranched alkanes of at least 4 members (excludes halogenated alkanes) is 3. The van der Waals surface area contributed by atoms with Crippen molar-refractivity contribution in [3.05, 3.63) is 0 Å². The molecule has 0 radical (unpaired) electrons. The molecule has 2 heteroatoms. The van der Waals surface area contributed by atoms with E-state index in [1.54, 1.807) is 0 Å². The van der Waals surface area contributed by atoms with Gasteiger partial charge in [0.25, 0.3) is 0 Å². The normalized spacial score (nSPS) is 30.2. The van der Waals surface area contributed by atoms with Crippen molar-refractivity contribution in [2.75, 3.05) is 0 Å². The van der Waals surface area contributed by atoms with Gasteiger partial charge >= 0.3 is 0 Å². The molecule has 1 aliphatic rings. The molecule has 1 fully saturated rings. The zero-order chi connectivity index (χ0) is 8.97. The summed E-state index contributed by atoms with van der Waals surface area (Å²) in [6, 6.07) is 1.74. The van der Waals surface area contributed by atoms with E-state index < -0.39 is 0 Å². The molecule has 1 aliphatic heterocycles. The molecular weight excluding hydrogens is 261 g/mol. The molecule has 0 aromatic heterocycles. The number of rotatable bonds is 5. The van der Waals surface area contributed by atoms with Crippen LogP contribution in [0.5, 0.6) is 0 Å². The predicted octanol–water partition coefficient (Wildman–Crippen LogP) is 3.77. The van der Waals surface area contributed by atoms with Crippen molar-refractivity contribution in [1.82, 2.24) is 3.11 Å². The van der Waals surface area contributed by atoms with Gasteiger partial charge in [0.2, 0.25) is 0 Å². The van der Waals surface area contributed by atoms with E-state index in [4.69, 9.17) is 0 Å². The van der Waals surface area contributed by atoms with E-state index in [1.807, 2.05) is 0 Å². The van der Waals surface area contributed by atoms with Gasteiger partial charge in [-0.25, -0.2) is 3.11 Å². The standard InChI is InChI=1S/C10H20IN/c1-3-4-5-6-7-10-8-9(2)12(10)11/h9-10H,3-8H2,1-2H3/t9?,10-/m0/s1. The summed E-state index contributed by atoms with van der Waals surface area (Å²) in [6.07, 6.45) is 8.50. The smallest absolute Gasteiger partial charge is 0.0212 e. The third-order valence-electron chi connectivity index (χ3n) is 2.77. The molecule has 2 atom stereocenters. The van der Waals surface area contributed by atoms with Crippen LogP contribution in [0.15, 0.2) is 0 Å². The molecule has 1 heterocycles.